The minimum absolute atomic E-state index is 0.0216. The minimum Gasteiger partial charge on any atom is -0.457 e. The Balaban J connectivity index is 1.45. The summed E-state index contributed by atoms with van der Waals surface area (Å²) in [4.78, 5) is 40.6. The van der Waals surface area contributed by atoms with Crippen molar-refractivity contribution in [1.82, 2.24) is 4.90 Å². The van der Waals surface area contributed by atoms with E-state index in [-0.39, 0.29) is 24.8 Å². The molecule has 0 atom stereocenters. The predicted molar refractivity (Wildman–Crippen MR) is 134 cm³/mol. The zero-order chi connectivity index (χ0) is 28.1. The Labute approximate surface area is 221 Å². The van der Waals surface area contributed by atoms with Crippen LogP contribution in [0.15, 0.2) is 60.7 Å². The number of nitrogens with one attached hydrogen (secondary N) is 1. The number of urea groups is 1. The van der Waals surface area contributed by atoms with Crippen molar-refractivity contribution in [3.05, 3.63) is 88.5 Å². The average molecular weight is 534 g/mol. The van der Waals surface area contributed by atoms with Crippen LogP contribution in [-0.4, -0.2) is 28.3 Å². The second-order valence-corrected chi connectivity index (χ2v) is 9.64. The Kier molecular flexibility index (Phi) is 6.06. The molecule has 1 N–H and O–H groups in total. The van der Waals surface area contributed by atoms with Gasteiger partial charge in [0.05, 0.1) is 35.0 Å². The highest BCUT2D eigenvalue weighted by Crippen LogP contribution is 2.39. The van der Waals surface area contributed by atoms with Gasteiger partial charge in [-0.15, -0.1) is 0 Å². The fourth-order valence-corrected chi connectivity index (χ4v) is 4.65. The Hall–Kier alpha value is -4.85. The lowest BCUT2D eigenvalue weighted by Crippen LogP contribution is -2.43. The van der Waals surface area contributed by atoms with E-state index in [0.29, 0.717) is 33.5 Å². The lowest BCUT2D eigenvalue weighted by Gasteiger charge is -2.28. The van der Waals surface area contributed by atoms with Gasteiger partial charge < -0.3 is 15.0 Å². The molecule has 0 radical (unpaired) electrons. The number of halogens is 3. The summed E-state index contributed by atoms with van der Waals surface area (Å²) in [6.07, 6.45) is -4.84. The van der Waals surface area contributed by atoms with Crippen LogP contribution < -0.4 is 10.2 Å². The van der Waals surface area contributed by atoms with E-state index >= 15 is 0 Å². The largest absolute Gasteiger partial charge is 0.457 e. The van der Waals surface area contributed by atoms with Crippen LogP contribution in [0.25, 0.3) is 0 Å². The standard InChI is InChI=1S/C28H21F3N4O4/c1-27(2)25(37)35(20-9-7-16(13-32)22(12-20)28(29,30)31)26(38)34(27)14-17-5-3-4-6-23(17)33-19-8-10-21-18(11-19)15-39-24(21)36/h3-12,33H,14-15H2,1-2H3. The van der Waals surface area contributed by atoms with Gasteiger partial charge in [0, 0.05) is 16.9 Å². The Bertz CT molecular complexity index is 1580. The van der Waals surface area contributed by atoms with Gasteiger partial charge in [-0.1, -0.05) is 18.2 Å². The summed E-state index contributed by atoms with van der Waals surface area (Å²) in [7, 11) is 0. The van der Waals surface area contributed by atoms with E-state index in [1.54, 1.807) is 42.5 Å². The highest BCUT2D eigenvalue weighted by atomic mass is 19.4. The summed E-state index contributed by atoms with van der Waals surface area (Å²) in [5.74, 6) is -1.08. The Morgan fingerprint density at radius 1 is 1.05 bits per heavy atom. The highest BCUT2D eigenvalue weighted by molar-refractivity contribution is 6.23. The van der Waals surface area contributed by atoms with Gasteiger partial charge in [0.2, 0.25) is 0 Å². The Morgan fingerprint density at radius 3 is 2.51 bits per heavy atom. The summed E-state index contributed by atoms with van der Waals surface area (Å²) in [5, 5.41) is 12.4. The van der Waals surface area contributed by atoms with E-state index in [1.165, 1.54) is 24.8 Å². The van der Waals surface area contributed by atoms with Crippen LogP contribution in [0.4, 0.5) is 35.0 Å². The Morgan fingerprint density at radius 2 is 1.79 bits per heavy atom. The maximum absolute atomic E-state index is 13.5. The number of anilines is 3. The van der Waals surface area contributed by atoms with E-state index in [4.69, 9.17) is 10.00 Å². The first-order chi connectivity index (χ1) is 18.4. The number of hydrogen-bond acceptors (Lipinski definition) is 6. The molecule has 2 aliphatic rings. The van der Waals surface area contributed by atoms with Gasteiger partial charge in [-0.2, -0.15) is 18.4 Å². The number of para-hydroxylation sites is 1. The molecule has 0 aromatic heterocycles. The predicted octanol–water partition coefficient (Wildman–Crippen LogP) is 5.74. The van der Waals surface area contributed by atoms with Gasteiger partial charge in [-0.05, 0) is 61.9 Å². The van der Waals surface area contributed by atoms with Crippen LogP contribution in [0.2, 0.25) is 0 Å². The molecule has 3 aromatic carbocycles. The lowest BCUT2D eigenvalue weighted by atomic mass is 10.0. The minimum atomic E-state index is -4.84. The lowest BCUT2D eigenvalue weighted by molar-refractivity contribution is -0.137. The molecule has 2 heterocycles. The third-order valence-electron chi connectivity index (χ3n) is 6.82. The summed E-state index contributed by atoms with van der Waals surface area (Å²) in [6, 6.07) is 15.7. The number of nitrogens with zero attached hydrogens (tertiary/aromatic N) is 3. The molecule has 0 saturated carbocycles. The molecule has 1 saturated heterocycles. The van der Waals surface area contributed by atoms with Gasteiger partial charge >= 0.3 is 18.2 Å². The molecule has 11 heteroatoms. The van der Waals surface area contributed by atoms with Gasteiger partial charge in [0.15, 0.2) is 0 Å². The van der Waals surface area contributed by atoms with Crippen molar-refractivity contribution in [3.8, 4) is 6.07 Å². The molecule has 2 aliphatic heterocycles. The number of benzene rings is 3. The number of carbonyl (C=O) groups excluding carboxylic acids is 3. The van der Waals surface area contributed by atoms with Crippen molar-refractivity contribution in [2.45, 2.75) is 38.7 Å². The molecular formula is C28H21F3N4O4. The van der Waals surface area contributed by atoms with E-state index < -0.39 is 34.8 Å². The molecule has 0 spiro atoms. The van der Waals surface area contributed by atoms with Crippen molar-refractivity contribution >= 4 is 35.0 Å². The number of nitriles is 1. The zero-order valence-electron chi connectivity index (χ0n) is 20.8. The third-order valence-corrected chi connectivity index (χ3v) is 6.82. The van der Waals surface area contributed by atoms with Crippen molar-refractivity contribution in [3.63, 3.8) is 0 Å². The number of fused-ring (bicyclic) bond motifs is 1. The van der Waals surface area contributed by atoms with Crippen molar-refractivity contribution in [2.75, 3.05) is 10.2 Å². The second kappa shape index (κ2) is 9.16. The zero-order valence-corrected chi connectivity index (χ0v) is 20.8. The number of esters is 1. The van der Waals surface area contributed by atoms with Crippen LogP contribution in [0.1, 0.15) is 46.5 Å². The molecule has 198 valence electrons. The van der Waals surface area contributed by atoms with Crippen LogP contribution in [-0.2, 0) is 28.9 Å². The van der Waals surface area contributed by atoms with Crippen molar-refractivity contribution in [1.29, 1.82) is 5.26 Å². The molecule has 0 bridgehead atoms. The molecule has 8 nitrogen and oxygen atoms in total. The molecule has 3 amide bonds. The number of ether oxygens (including phenoxy) is 1. The van der Waals surface area contributed by atoms with Gasteiger partial charge in [0.1, 0.15) is 12.1 Å². The first kappa shape index (κ1) is 25.8. The molecule has 0 aliphatic carbocycles. The fourth-order valence-electron chi connectivity index (χ4n) is 4.65. The van der Waals surface area contributed by atoms with E-state index in [0.717, 1.165) is 17.7 Å². The van der Waals surface area contributed by atoms with E-state index in [9.17, 15) is 27.6 Å². The number of rotatable bonds is 5. The van der Waals surface area contributed by atoms with Gasteiger partial charge in [-0.25, -0.2) is 14.5 Å². The SMILES string of the molecule is CC1(C)C(=O)N(c2ccc(C#N)c(C(F)(F)F)c2)C(=O)N1Cc1ccccc1Nc1ccc2c(c1)COC2=O. The number of alkyl halides is 3. The van der Waals surface area contributed by atoms with Crippen molar-refractivity contribution < 1.29 is 32.3 Å². The fraction of sp³-hybridized carbons (Fsp3) is 0.214. The van der Waals surface area contributed by atoms with Crippen molar-refractivity contribution in [2.24, 2.45) is 0 Å². The maximum Gasteiger partial charge on any atom is 0.417 e. The molecule has 39 heavy (non-hydrogen) atoms. The number of hydrogen-bond donors (Lipinski definition) is 1. The maximum atomic E-state index is 13.5. The van der Waals surface area contributed by atoms with Crippen LogP contribution >= 0.6 is 0 Å². The normalized spacial score (nSPS) is 16.3. The average Bonchev–Trinajstić information content (AvgIpc) is 3.34. The summed E-state index contributed by atoms with van der Waals surface area (Å²) >= 11 is 0. The number of amides is 3. The molecule has 1 fully saturated rings. The van der Waals surface area contributed by atoms with E-state index in [2.05, 4.69) is 5.32 Å². The van der Waals surface area contributed by atoms with Gasteiger partial charge in [-0.3, -0.25) is 4.79 Å². The molecule has 5 rings (SSSR count). The third kappa shape index (κ3) is 4.44. The van der Waals surface area contributed by atoms with Gasteiger partial charge in [0.25, 0.3) is 5.91 Å². The summed E-state index contributed by atoms with van der Waals surface area (Å²) in [5.41, 5.74) is -0.281. The number of cyclic esters (lactones) is 1. The van der Waals surface area contributed by atoms with Crippen LogP contribution in [0.5, 0.6) is 0 Å². The smallest absolute Gasteiger partial charge is 0.417 e. The highest BCUT2D eigenvalue weighted by Gasteiger charge is 2.52. The monoisotopic (exact) mass is 534 g/mol. The first-order valence-electron chi connectivity index (χ1n) is 11.8. The molecule has 3 aromatic rings. The number of imide groups is 1. The van der Waals surface area contributed by atoms with Crippen LogP contribution in [0.3, 0.4) is 0 Å². The summed E-state index contributed by atoms with van der Waals surface area (Å²) in [6.45, 7) is 3.20. The quantitative estimate of drug-likeness (QED) is 0.331. The van der Waals surface area contributed by atoms with Crippen LogP contribution in [0, 0.1) is 11.3 Å². The topological polar surface area (TPSA) is 103 Å². The second-order valence-electron chi connectivity index (χ2n) is 9.64. The molecular weight excluding hydrogens is 513 g/mol. The number of carbonyl (C=O) groups is 3. The van der Waals surface area contributed by atoms with E-state index in [1.807, 2.05) is 0 Å². The molecule has 0 unspecified atom stereocenters. The first-order valence-corrected chi connectivity index (χ1v) is 11.8. The summed E-state index contributed by atoms with van der Waals surface area (Å²) < 4.78 is 45.7.